The van der Waals surface area contributed by atoms with Crippen LogP contribution in [0.1, 0.15) is 31.7 Å². The molecule has 2 unspecified atom stereocenters. The average molecular weight is 207 g/mol. The molecule has 0 saturated heterocycles. The highest BCUT2D eigenvalue weighted by molar-refractivity contribution is 5.46. The van der Waals surface area contributed by atoms with Gasteiger partial charge in [0.15, 0.2) is 0 Å². The van der Waals surface area contributed by atoms with Gasteiger partial charge in [0.1, 0.15) is 5.82 Å². The highest BCUT2D eigenvalue weighted by Crippen LogP contribution is 2.27. The van der Waals surface area contributed by atoms with E-state index in [4.69, 9.17) is 0 Å². The lowest BCUT2D eigenvalue weighted by atomic mass is 10.1. The molecule has 1 aromatic carbocycles. The topological polar surface area (TPSA) is 12.0 Å². The summed E-state index contributed by atoms with van der Waals surface area (Å²) >= 11 is 0. The van der Waals surface area contributed by atoms with Gasteiger partial charge in [-0.1, -0.05) is 13.0 Å². The van der Waals surface area contributed by atoms with Gasteiger partial charge in [-0.3, -0.25) is 0 Å². The van der Waals surface area contributed by atoms with E-state index in [1.807, 2.05) is 12.1 Å². The van der Waals surface area contributed by atoms with Crippen LogP contribution in [-0.2, 0) is 0 Å². The van der Waals surface area contributed by atoms with Crippen LogP contribution in [0.2, 0.25) is 0 Å². The lowest BCUT2D eigenvalue weighted by molar-refractivity contribution is 0.601. The second-order valence-electron chi connectivity index (χ2n) is 4.72. The van der Waals surface area contributed by atoms with Crippen LogP contribution >= 0.6 is 0 Å². The Morgan fingerprint density at radius 3 is 2.73 bits per heavy atom. The first kappa shape index (κ1) is 10.5. The van der Waals surface area contributed by atoms with Crippen LogP contribution in [0.5, 0.6) is 0 Å². The van der Waals surface area contributed by atoms with Crippen LogP contribution < -0.4 is 5.32 Å². The Labute approximate surface area is 90.7 Å². The molecule has 1 aliphatic carbocycles. The fraction of sp³-hybridized carbons (Fsp3) is 0.538. The highest BCUT2D eigenvalue weighted by Gasteiger charge is 2.20. The van der Waals surface area contributed by atoms with Crippen LogP contribution in [0.3, 0.4) is 0 Å². The van der Waals surface area contributed by atoms with Gasteiger partial charge in [-0.05, 0) is 49.8 Å². The average Bonchev–Trinajstić information content (AvgIpc) is 2.58. The van der Waals surface area contributed by atoms with Crippen molar-refractivity contribution in [1.82, 2.24) is 0 Å². The maximum absolute atomic E-state index is 13.3. The van der Waals surface area contributed by atoms with Gasteiger partial charge >= 0.3 is 0 Å². The van der Waals surface area contributed by atoms with Crippen LogP contribution in [-0.4, -0.2) is 6.04 Å². The zero-order valence-electron chi connectivity index (χ0n) is 9.39. The SMILES string of the molecule is Cc1ccc(NC2CCC(C)C2)cc1F. The standard InChI is InChI=1S/C13H18FN/c1-9-3-5-11(7-9)15-12-6-4-10(2)13(14)8-12/h4,6,8-9,11,15H,3,5,7H2,1-2H3. The Morgan fingerprint density at radius 1 is 1.33 bits per heavy atom. The summed E-state index contributed by atoms with van der Waals surface area (Å²) in [6.07, 6.45) is 3.69. The zero-order chi connectivity index (χ0) is 10.8. The normalized spacial score (nSPS) is 25.5. The first-order chi connectivity index (χ1) is 7.15. The smallest absolute Gasteiger partial charge is 0.128 e. The number of halogens is 1. The molecular weight excluding hydrogens is 189 g/mol. The van der Waals surface area contributed by atoms with Gasteiger partial charge in [-0.15, -0.1) is 0 Å². The van der Waals surface area contributed by atoms with E-state index < -0.39 is 0 Å². The molecule has 82 valence electrons. The van der Waals surface area contributed by atoms with Crippen molar-refractivity contribution in [2.75, 3.05) is 5.32 Å². The molecule has 0 amide bonds. The Bertz CT molecular complexity index is 348. The van der Waals surface area contributed by atoms with E-state index in [9.17, 15) is 4.39 Å². The molecule has 1 N–H and O–H groups in total. The summed E-state index contributed by atoms with van der Waals surface area (Å²) in [6, 6.07) is 5.91. The quantitative estimate of drug-likeness (QED) is 0.779. The third-order valence-corrected chi connectivity index (χ3v) is 3.24. The number of benzene rings is 1. The summed E-state index contributed by atoms with van der Waals surface area (Å²) in [7, 11) is 0. The second kappa shape index (κ2) is 4.21. The number of rotatable bonds is 2. The summed E-state index contributed by atoms with van der Waals surface area (Å²) in [6.45, 7) is 4.06. The summed E-state index contributed by atoms with van der Waals surface area (Å²) in [5, 5.41) is 3.40. The van der Waals surface area contributed by atoms with Gasteiger partial charge in [0.25, 0.3) is 0 Å². The Hall–Kier alpha value is -1.05. The van der Waals surface area contributed by atoms with Crippen LogP contribution in [0.15, 0.2) is 18.2 Å². The maximum atomic E-state index is 13.3. The molecule has 15 heavy (non-hydrogen) atoms. The van der Waals surface area contributed by atoms with E-state index in [-0.39, 0.29) is 5.82 Å². The highest BCUT2D eigenvalue weighted by atomic mass is 19.1. The third-order valence-electron chi connectivity index (χ3n) is 3.24. The Kier molecular flexibility index (Phi) is 2.94. The van der Waals surface area contributed by atoms with E-state index in [0.717, 1.165) is 11.6 Å². The van der Waals surface area contributed by atoms with Crippen molar-refractivity contribution in [1.29, 1.82) is 0 Å². The van der Waals surface area contributed by atoms with E-state index >= 15 is 0 Å². The van der Waals surface area contributed by atoms with Crippen molar-refractivity contribution < 1.29 is 4.39 Å². The maximum Gasteiger partial charge on any atom is 0.128 e. The number of aryl methyl sites for hydroxylation is 1. The predicted octanol–water partition coefficient (Wildman–Crippen LogP) is 3.73. The monoisotopic (exact) mass is 207 g/mol. The molecule has 1 saturated carbocycles. The fourth-order valence-electron chi connectivity index (χ4n) is 2.26. The molecule has 1 nitrogen and oxygen atoms in total. The van der Waals surface area contributed by atoms with Crippen LogP contribution in [0.25, 0.3) is 0 Å². The Balaban J connectivity index is 2.02. The van der Waals surface area contributed by atoms with Crippen molar-refractivity contribution >= 4 is 5.69 Å². The Morgan fingerprint density at radius 2 is 2.13 bits per heavy atom. The van der Waals surface area contributed by atoms with Gasteiger partial charge in [-0.25, -0.2) is 4.39 Å². The number of nitrogens with one attached hydrogen (secondary N) is 1. The van der Waals surface area contributed by atoms with Crippen molar-refractivity contribution in [3.05, 3.63) is 29.6 Å². The van der Waals surface area contributed by atoms with Gasteiger partial charge in [0.05, 0.1) is 0 Å². The molecule has 1 aromatic rings. The van der Waals surface area contributed by atoms with Crippen molar-refractivity contribution in [2.24, 2.45) is 5.92 Å². The lowest BCUT2D eigenvalue weighted by Gasteiger charge is -2.14. The van der Waals surface area contributed by atoms with E-state index in [0.29, 0.717) is 11.6 Å². The van der Waals surface area contributed by atoms with Crippen molar-refractivity contribution in [3.8, 4) is 0 Å². The van der Waals surface area contributed by atoms with Gasteiger partial charge in [-0.2, -0.15) is 0 Å². The molecule has 0 aliphatic heterocycles. The molecule has 1 fully saturated rings. The molecule has 2 atom stereocenters. The van der Waals surface area contributed by atoms with Crippen molar-refractivity contribution in [2.45, 2.75) is 39.2 Å². The minimum absolute atomic E-state index is 0.119. The summed E-state index contributed by atoms with van der Waals surface area (Å²) in [4.78, 5) is 0. The summed E-state index contributed by atoms with van der Waals surface area (Å²) in [5.74, 6) is 0.684. The van der Waals surface area contributed by atoms with Crippen LogP contribution in [0.4, 0.5) is 10.1 Å². The second-order valence-corrected chi connectivity index (χ2v) is 4.72. The molecule has 0 radical (unpaired) electrons. The van der Waals surface area contributed by atoms with Gasteiger partial charge in [0, 0.05) is 11.7 Å². The molecule has 2 rings (SSSR count). The summed E-state index contributed by atoms with van der Waals surface area (Å²) < 4.78 is 13.3. The molecule has 1 aliphatic rings. The van der Waals surface area contributed by atoms with Crippen LogP contribution in [0, 0.1) is 18.7 Å². The first-order valence-electron chi connectivity index (χ1n) is 5.68. The zero-order valence-corrected chi connectivity index (χ0v) is 9.39. The molecule has 0 heterocycles. The predicted molar refractivity (Wildman–Crippen MR) is 61.6 cm³/mol. The largest absolute Gasteiger partial charge is 0.382 e. The fourth-order valence-corrected chi connectivity index (χ4v) is 2.26. The molecule has 0 aromatic heterocycles. The van der Waals surface area contributed by atoms with E-state index in [1.54, 1.807) is 13.0 Å². The minimum atomic E-state index is -0.119. The minimum Gasteiger partial charge on any atom is -0.382 e. The van der Waals surface area contributed by atoms with E-state index in [2.05, 4.69) is 12.2 Å². The number of anilines is 1. The van der Waals surface area contributed by atoms with E-state index in [1.165, 1.54) is 19.3 Å². The lowest BCUT2D eigenvalue weighted by Crippen LogP contribution is -2.15. The molecule has 0 spiro atoms. The third kappa shape index (κ3) is 2.49. The molecule has 2 heteroatoms. The molecule has 0 bridgehead atoms. The molecular formula is C13H18FN. The van der Waals surface area contributed by atoms with Crippen molar-refractivity contribution in [3.63, 3.8) is 0 Å². The first-order valence-corrected chi connectivity index (χ1v) is 5.68. The summed E-state index contributed by atoms with van der Waals surface area (Å²) in [5.41, 5.74) is 1.62. The van der Waals surface area contributed by atoms with Gasteiger partial charge in [0.2, 0.25) is 0 Å². The number of hydrogen-bond acceptors (Lipinski definition) is 1. The number of hydrogen-bond donors (Lipinski definition) is 1. The van der Waals surface area contributed by atoms with Gasteiger partial charge < -0.3 is 5.32 Å².